The summed E-state index contributed by atoms with van der Waals surface area (Å²) in [6, 6.07) is 10.8. The molecular formula is C21H27FN3O3S+. The molecule has 156 valence electrons. The van der Waals surface area contributed by atoms with Crippen molar-refractivity contribution in [1.82, 2.24) is 4.31 Å². The first kappa shape index (κ1) is 21.4. The Morgan fingerprint density at radius 2 is 1.76 bits per heavy atom. The number of halogens is 1. The van der Waals surface area contributed by atoms with Gasteiger partial charge in [0.25, 0.3) is 5.91 Å². The summed E-state index contributed by atoms with van der Waals surface area (Å²) >= 11 is 0. The van der Waals surface area contributed by atoms with Crippen molar-refractivity contribution in [2.75, 3.05) is 31.5 Å². The van der Waals surface area contributed by atoms with Gasteiger partial charge < -0.3 is 10.2 Å². The molecule has 0 saturated carbocycles. The number of nitrogens with one attached hydrogen (secondary N) is 2. The highest BCUT2D eigenvalue weighted by Gasteiger charge is 2.34. The van der Waals surface area contributed by atoms with Gasteiger partial charge in [-0.25, -0.2) is 12.8 Å². The zero-order valence-electron chi connectivity index (χ0n) is 16.9. The molecule has 0 aliphatic carbocycles. The maximum atomic E-state index is 13.8. The van der Waals surface area contributed by atoms with Crippen LogP contribution in [0.5, 0.6) is 0 Å². The van der Waals surface area contributed by atoms with Crippen LogP contribution in [0.1, 0.15) is 18.1 Å². The molecule has 1 fully saturated rings. The van der Waals surface area contributed by atoms with Crippen LogP contribution in [0.3, 0.4) is 0 Å². The third-order valence-corrected chi connectivity index (χ3v) is 7.51. The highest BCUT2D eigenvalue weighted by Crippen LogP contribution is 2.19. The Morgan fingerprint density at radius 3 is 2.38 bits per heavy atom. The Labute approximate surface area is 171 Å². The van der Waals surface area contributed by atoms with Crippen LogP contribution < -0.4 is 10.2 Å². The van der Waals surface area contributed by atoms with E-state index in [2.05, 4.69) is 5.32 Å². The van der Waals surface area contributed by atoms with Gasteiger partial charge in [0.1, 0.15) is 5.82 Å². The molecule has 2 aromatic rings. The number of anilines is 1. The number of benzene rings is 2. The lowest BCUT2D eigenvalue weighted by Crippen LogP contribution is -3.19. The molecule has 1 atom stereocenters. The summed E-state index contributed by atoms with van der Waals surface area (Å²) in [5.41, 5.74) is 2.14. The molecule has 1 saturated heterocycles. The topological polar surface area (TPSA) is 70.9 Å². The van der Waals surface area contributed by atoms with E-state index in [1.165, 1.54) is 16.4 Å². The smallest absolute Gasteiger partial charge is 0.282 e. The first-order chi connectivity index (χ1) is 13.7. The second-order valence-corrected chi connectivity index (χ2v) is 9.44. The number of aryl methyl sites for hydroxylation is 2. The Kier molecular flexibility index (Phi) is 6.36. The highest BCUT2D eigenvalue weighted by molar-refractivity contribution is 7.89. The molecule has 1 amide bonds. The number of nitrogens with zero attached hydrogens (tertiary/aromatic N) is 1. The van der Waals surface area contributed by atoms with Crippen LogP contribution in [-0.4, -0.2) is 50.9 Å². The molecule has 2 N–H and O–H groups in total. The molecule has 1 aliphatic heterocycles. The summed E-state index contributed by atoms with van der Waals surface area (Å²) in [5.74, 6) is -0.761. The van der Waals surface area contributed by atoms with Gasteiger partial charge >= 0.3 is 0 Å². The molecule has 1 heterocycles. The number of sulfonamides is 1. The van der Waals surface area contributed by atoms with Crippen LogP contribution >= 0.6 is 0 Å². The van der Waals surface area contributed by atoms with Gasteiger partial charge in [0.2, 0.25) is 10.0 Å². The Morgan fingerprint density at radius 1 is 1.10 bits per heavy atom. The zero-order valence-corrected chi connectivity index (χ0v) is 17.7. The minimum atomic E-state index is -3.55. The van der Waals surface area contributed by atoms with Gasteiger partial charge in [-0.1, -0.05) is 18.2 Å². The van der Waals surface area contributed by atoms with Crippen molar-refractivity contribution in [2.45, 2.75) is 31.7 Å². The van der Waals surface area contributed by atoms with Crippen LogP contribution in [-0.2, 0) is 14.8 Å². The number of amides is 1. The van der Waals surface area contributed by atoms with Crippen LogP contribution in [0.15, 0.2) is 47.4 Å². The summed E-state index contributed by atoms with van der Waals surface area (Å²) in [6.45, 7) is 7.31. The van der Waals surface area contributed by atoms with Crippen LogP contribution in [0, 0.1) is 19.7 Å². The quantitative estimate of drug-likeness (QED) is 0.767. The van der Waals surface area contributed by atoms with E-state index >= 15 is 0 Å². The Balaban J connectivity index is 1.62. The van der Waals surface area contributed by atoms with Crippen molar-refractivity contribution in [1.29, 1.82) is 0 Å². The fourth-order valence-corrected chi connectivity index (χ4v) is 4.99. The molecular weight excluding hydrogens is 393 g/mol. The second kappa shape index (κ2) is 8.61. The molecule has 29 heavy (non-hydrogen) atoms. The molecule has 1 aliphatic rings. The van der Waals surface area contributed by atoms with Crippen LogP contribution in [0.2, 0.25) is 0 Å². The monoisotopic (exact) mass is 420 g/mol. The minimum absolute atomic E-state index is 0.153. The lowest BCUT2D eigenvalue weighted by Gasteiger charge is -2.34. The van der Waals surface area contributed by atoms with Gasteiger partial charge in [-0.15, -0.1) is 0 Å². The lowest BCUT2D eigenvalue weighted by molar-refractivity contribution is -0.917. The standard InChI is InChI=1S/C21H26FN3O3S/c1-15-8-9-18(14-16(15)2)29(27,28)25-12-10-24(11-13-25)17(3)21(26)23-20-7-5-4-6-19(20)22/h4-9,14,17H,10-13H2,1-3H3,(H,23,26)/p+1/t17-/m0/s1. The molecule has 0 radical (unpaired) electrons. The van der Waals surface area contributed by atoms with E-state index in [1.54, 1.807) is 31.2 Å². The van der Waals surface area contributed by atoms with E-state index in [0.29, 0.717) is 31.1 Å². The number of carbonyl (C=O) groups is 1. The van der Waals surface area contributed by atoms with Crippen molar-refractivity contribution in [3.63, 3.8) is 0 Å². The maximum Gasteiger partial charge on any atom is 0.282 e. The van der Waals surface area contributed by atoms with Crippen molar-refractivity contribution >= 4 is 21.6 Å². The summed E-state index contributed by atoms with van der Waals surface area (Å²) in [5, 5.41) is 2.62. The number of carbonyl (C=O) groups excluding carboxylic acids is 1. The fourth-order valence-electron chi connectivity index (χ4n) is 3.46. The number of para-hydroxylation sites is 1. The van der Waals surface area contributed by atoms with Crippen molar-refractivity contribution in [3.05, 3.63) is 59.4 Å². The maximum absolute atomic E-state index is 13.8. The Hall–Kier alpha value is -2.29. The highest BCUT2D eigenvalue weighted by atomic mass is 32.2. The molecule has 0 aromatic heterocycles. The van der Waals surface area contributed by atoms with Crippen molar-refractivity contribution in [3.8, 4) is 0 Å². The van der Waals surface area contributed by atoms with E-state index < -0.39 is 21.9 Å². The van der Waals surface area contributed by atoms with E-state index in [9.17, 15) is 17.6 Å². The molecule has 3 rings (SSSR count). The van der Waals surface area contributed by atoms with Crippen LogP contribution in [0.4, 0.5) is 10.1 Å². The summed E-state index contributed by atoms with van der Waals surface area (Å²) in [6.07, 6.45) is 0. The van der Waals surface area contributed by atoms with Crippen molar-refractivity contribution in [2.24, 2.45) is 0 Å². The third-order valence-electron chi connectivity index (χ3n) is 5.62. The largest absolute Gasteiger partial charge is 0.323 e. The number of rotatable bonds is 5. The van der Waals surface area contributed by atoms with E-state index in [-0.39, 0.29) is 11.6 Å². The second-order valence-electron chi connectivity index (χ2n) is 7.50. The fraction of sp³-hybridized carbons (Fsp3) is 0.381. The van der Waals surface area contributed by atoms with E-state index in [4.69, 9.17) is 0 Å². The average Bonchev–Trinajstić information content (AvgIpc) is 2.71. The lowest BCUT2D eigenvalue weighted by atomic mass is 10.1. The molecule has 2 aromatic carbocycles. The van der Waals surface area contributed by atoms with Gasteiger partial charge in [0.15, 0.2) is 6.04 Å². The predicted octanol–water partition coefficient (Wildman–Crippen LogP) is 1.36. The summed E-state index contributed by atoms with van der Waals surface area (Å²) in [4.78, 5) is 13.8. The number of hydrogen-bond donors (Lipinski definition) is 2. The SMILES string of the molecule is Cc1ccc(S(=O)(=O)N2CC[NH+]([C@@H](C)C(=O)Nc3ccccc3F)CC2)cc1C. The van der Waals surface area contributed by atoms with Crippen LogP contribution in [0.25, 0.3) is 0 Å². The molecule has 8 heteroatoms. The third kappa shape index (κ3) is 4.66. The molecule has 0 unspecified atom stereocenters. The summed E-state index contributed by atoms with van der Waals surface area (Å²) in [7, 11) is -3.55. The molecule has 0 bridgehead atoms. The minimum Gasteiger partial charge on any atom is -0.323 e. The predicted molar refractivity (Wildman–Crippen MR) is 110 cm³/mol. The molecule has 6 nitrogen and oxygen atoms in total. The first-order valence-corrected chi connectivity index (χ1v) is 11.1. The Bertz CT molecular complexity index is 1000. The van der Waals surface area contributed by atoms with Gasteiger partial charge in [-0.3, -0.25) is 4.79 Å². The summed E-state index contributed by atoms with van der Waals surface area (Å²) < 4.78 is 41.1. The molecule has 0 spiro atoms. The van der Waals surface area contributed by atoms with E-state index in [1.807, 2.05) is 19.9 Å². The normalized spacial score (nSPS) is 17.1. The first-order valence-electron chi connectivity index (χ1n) is 9.67. The zero-order chi connectivity index (χ0) is 21.2. The average molecular weight is 421 g/mol. The van der Waals surface area contributed by atoms with Gasteiger partial charge in [0, 0.05) is 0 Å². The van der Waals surface area contributed by atoms with Gasteiger partial charge in [-0.05, 0) is 56.2 Å². The number of hydrogen-bond acceptors (Lipinski definition) is 3. The number of piperazine rings is 1. The number of quaternary nitrogens is 1. The van der Waals surface area contributed by atoms with Gasteiger partial charge in [0.05, 0.1) is 36.8 Å². The van der Waals surface area contributed by atoms with Gasteiger partial charge in [-0.2, -0.15) is 4.31 Å². The van der Waals surface area contributed by atoms with Crippen molar-refractivity contribution < 1.29 is 22.5 Å². The van der Waals surface area contributed by atoms with E-state index in [0.717, 1.165) is 16.0 Å².